The van der Waals surface area contributed by atoms with Crippen molar-refractivity contribution in [1.29, 1.82) is 0 Å². The molecule has 2 aromatic carbocycles. The number of piperazine rings is 1. The second-order valence-electron chi connectivity index (χ2n) is 6.21. The number of hydrogen-bond donors (Lipinski definition) is 1. The van der Waals surface area contributed by atoms with Crippen LogP contribution in [-0.2, 0) is 10.0 Å². The molecular weight excluding hydrogens is 366 g/mol. The van der Waals surface area contributed by atoms with Gasteiger partial charge in [0.15, 0.2) is 0 Å². The molecule has 2 aromatic rings. The fourth-order valence-corrected chi connectivity index (χ4v) is 4.20. The van der Waals surface area contributed by atoms with E-state index < -0.39 is 10.0 Å². The molecule has 1 amide bonds. The average Bonchev–Trinajstić information content (AvgIpc) is 2.73. The van der Waals surface area contributed by atoms with E-state index in [2.05, 4.69) is 5.32 Å². The Morgan fingerprint density at radius 1 is 1.07 bits per heavy atom. The van der Waals surface area contributed by atoms with Crippen molar-refractivity contribution >= 4 is 21.6 Å². The molecule has 0 unspecified atom stereocenters. The van der Waals surface area contributed by atoms with Gasteiger partial charge in [-0.15, -0.1) is 0 Å². The SMILES string of the molecule is COc1ccccc1N(C)S(=O)(=O)c1ccc(C(=O)N2CCNCC2)cc1. The van der Waals surface area contributed by atoms with Crippen molar-refractivity contribution in [1.82, 2.24) is 10.2 Å². The van der Waals surface area contributed by atoms with E-state index in [0.717, 1.165) is 13.1 Å². The van der Waals surface area contributed by atoms with Crippen LogP contribution in [0.3, 0.4) is 0 Å². The highest BCUT2D eigenvalue weighted by atomic mass is 32.2. The number of sulfonamides is 1. The first-order valence-corrected chi connectivity index (χ1v) is 10.1. The third kappa shape index (κ3) is 3.91. The lowest BCUT2D eigenvalue weighted by atomic mass is 10.2. The van der Waals surface area contributed by atoms with Gasteiger partial charge in [-0.25, -0.2) is 8.42 Å². The zero-order valence-corrected chi connectivity index (χ0v) is 16.2. The van der Waals surface area contributed by atoms with E-state index in [0.29, 0.717) is 30.1 Å². The van der Waals surface area contributed by atoms with E-state index in [4.69, 9.17) is 4.74 Å². The lowest BCUT2D eigenvalue weighted by molar-refractivity contribution is 0.0735. The Labute approximate surface area is 159 Å². The fourth-order valence-electron chi connectivity index (χ4n) is 3.00. The van der Waals surface area contributed by atoms with Gasteiger partial charge in [0.2, 0.25) is 0 Å². The molecule has 1 aliphatic rings. The molecule has 3 rings (SSSR count). The zero-order chi connectivity index (χ0) is 19.4. The molecule has 0 aliphatic carbocycles. The number of methoxy groups -OCH3 is 1. The van der Waals surface area contributed by atoms with Crippen LogP contribution in [-0.4, -0.2) is 59.6 Å². The minimum Gasteiger partial charge on any atom is -0.495 e. The predicted octanol–water partition coefficient (Wildman–Crippen LogP) is 1.57. The highest BCUT2D eigenvalue weighted by Gasteiger charge is 2.24. The van der Waals surface area contributed by atoms with Crippen molar-refractivity contribution in [3.05, 3.63) is 54.1 Å². The molecule has 7 nitrogen and oxygen atoms in total. The van der Waals surface area contributed by atoms with E-state index in [1.165, 1.54) is 30.6 Å². The Hall–Kier alpha value is -2.58. The van der Waals surface area contributed by atoms with Crippen LogP contribution < -0.4 is 14.4 Å². The highest BCUT2D eigenvalue weighted by Crippen LogP contribution is 2.30. The molecule has 1 heterocycles. The minimum absolute atomic E-state index is 0.0847. The molecule has 0 aromatic heterocycles. The number of anilines is 1. The Balaban J connectivity index is 1.84. The monoisotopic (exact) mass is 389 g/mol. The van der Waals surface area contributed by atoms with Gasteiger partial charge in [0.1, 0.15) is 5.75 Å². The summed E-state index contributed by atoms with van der Waals surface area (Å²) in [5, 5.41) is 3.20. The Morgan fingerprint density at radius 3 is 2.33 bits per heavy atom. The van der Waals surface area contributed by atoms with Crippen LogP contribution in [0.25, 0.3) is 0 Å². The van der Waals surface area contributed by atoms with Crippen LogP contribution in [0.5, 0.6) is 5.75 Å². The van der Waals surface area contributed by atoms with Crippen LogP contribution >= 0.6 is 0 Å². The normalized spacial score (nSPS) is 14.7. The smallest absolute Gasteiger partial charge is 0.264 e. The molecular formula is C19H23N3O4S. The van der Waals surface area contributed by atoms with Gasteiger partial charge in [0, 0.05) is 38.8 Å². The Morgan fingerprint density at radius 2 is 1.70 bits per heavy atom. The summed E-state index contributed by atoms with van der Waals surface area (Å²) in [6.07, 6.45) is 0. The number of amides is 1. The number of rotatable bonds is 5. The lowest BCUT2D eigenvalue weighted by Gasteiger charge is -2.27. The number of ether oxygens (including phenoxy) is 1. The highest BCUT2D eigenvalue weighted by molar-refractivity contribution is 7.92. The maximum atomic E-state index is 13.0. The Kier molecular flexibility index (Phi) is 5.67. The van der Waals surface area contributed by atoms with Crippen molar-refractivity contribution in [3.63, 3.8) is 0 Å². The standard InChI is InChI=1S/C19H23N3O4S/c1-21(17-5-3-4-6-18(17)26-2)27(24,25)16-9-7-15(8-10-16)19(23)22-13-11-20-12-14-22/h3-10,20H,11-14H2,1-2H3. The summed E-state index contributed by atoms with van der Waals surface area (Å²) in [6.45, 7) is 2.83. The first-order chi connectivity index (χ1) is 12.9. The molecule has 144 valence electrons. The van der Waals surface area contributed by atoms with Crippen LogP contribution in [0.15, 0.2) is 53.4 Å². The minimum atomic E-state index is -3.77. The number of nitrogens with zero attached hydrogens (tertiary/aromatic N) is 2. The van der Waals surface area contributed by atoms with Crippen LogP contribution in [0, 0.1) is 0 Å². The van der Waals surface area contributed by atoms with Gasteiger partial charge in [-0.1, -0.05) is 12.1 Å². The third-order valence-corrected chi connectivity index (χ3v) is 6.37. The van der Waals surface area contributed by atoms with Crippen LogP contribution in [0.1, 0.15) is 10.4 Å². The van der Waals surface area contributed by atoms with Crippen LogP contribution in [0.2, 0.25) is 0 Å². The molecule has 0 atom stereocenters. The topological polar surface area (TPSA) is 79.0 Å². The summed E-state index contributed by atoms with van der Waals surface area (Å²) in [4.78, 5) is 14.4. The summed E-state index contributed by atoms with van der Waals surface area (Å²) in [7, 11) is -0.799. The molecule has 8 heteroatoms. The van der Waals surface area contributed by atoms with E-state index >= 15 is 0 Å². The van der Waals surface area contributed by atoms with Crippen LogP contribution in [0.4, 0.5) is 5.69 Å². The maximum Gasteiger partial charge on any atom is 0.264 e. The van der Waals surface area contributed by atoms with Gasteiger partial charge < -0.3 is 15.0 Å². The predicted molar refractivity (Wildman–Crippen MR) is 104 cm³/mol. The summed E-state index contributed by atoms with van der Waals surface area (Å²) < 4.78 is 32.3. The average molecular weight is 389 g/mol. The summed E-state index contributed by atoms with van der Waals surface area (Å²) >= 11 is 0. The van der Waals surface area contributed by atoms with Gasteiger partial charge in [0.25, 0.3) is 15.9 Å². The zero-order valence-electron chi connectivity index (χ0n) is 15.4. The van der Waals surface area contributed by atoms with E-state index in [-0.39, 0.29) is 10.8 Å². The van der Waals surface area contributed by atoms with Gasteiger partial charge in [-0.05, 0) is 36.4 Å². The van der Waals surface area contributed by atoms with Crippen molar-refractivity contribution in [2.45, 2.75) is 4.90 Å². The number of nitrogens with one attached hydrogen (secondary N) is 1. The molecule has 1 N–H and O–H groups in total. The summed E-state index contributed by atoms with van der Waals surface area (Å²) in [5.74, 6) is 0.382. The number of para-hydroxylation sites is 2. The quantitative estimate of drug-likeness (QED) is 0.840. The molecule has 0 spiro atoms. The summed E-state index contributed by atoms with van der Waals surface area (Å²) in [6, 6.07) is 13.0. The molecule has 0 bridgehead atoms. The van der Waals surface area contributed by atoms with Gasteiger partial charge >= 0.3 is 0 Å². The molecule has 0 radical (unpaired) electrons. The van der Waals surface area contributed by atoms with Gasteiger partial charge in [-0.3, -0.25) is 9.10 Å². The molecule has 1 fully saturated rings. The van der Waals surface area contributed by atoms with Gasteiger partial charge in [-0.2, -0.15) is 0 Å². The van der Waals surface area contributed by atoms with Crippen molar-refractivity contribution in [2.75, 3.05) is 44.6 Å². The van der Waals surface area contributed by atoms with Crippen molar-refractivity contribution < 1.29 is 17.9 Å². The molecule has 1 aliphatic heterocycles. The lowest BCUT2D eigenvalue weighted by Crippen LogP contribution is -2.46. The van der Waals surface area contributed by atoms with Crippen molar-refractivity contribution in [3.8, 4) is 5.75 Å². The first kappa shape index (κ1) is 19.2. The van der Waals surface area contributed by atoms with E-state index in [1.54, 1.807) is 41.3 Å². The first-order valence-electron chi connectivity index (χ1n) is 8.67. The molecule has 27 heavy (non-hydrogen) atoms. The number of benzene rings is 2. The number of carbonyl (C=O) groups is 1. The largest absolute Gasteiger partial charge is 0.495 e. The molecule has 0 saturated carbocycles. The second-order valence-corrected chi connectivity index (χ2v) is 8.18. The summed E-state index contributed by atoms with van der Waals surface area (Å²) in [5.41, 5.74) is 0.928. The Bertz CT molecular complexity index is 907. The fraction of sp³-hybridized carbons (Fsp3) is 0.316. The number of carbonyl (C=O) groups excluding carboxylic acids is 1. The second kappa shape index (κ2) is 7.98. The third-order valence-electron chi connectivity index (χ3n) is 4.59. The van der Waals surface area contributed by atoms with Crippen molar-refractivity contribution in [2.24, 2.45) is 0 Å². The molecule has 1 saturated heterocycles. The maximum absolute atomic E-state index is 13.0. The number of hydrogen-bond acceptors (Lipinski definition) is 5. The van der Waals surface area contributed by atoms with Gasteiger partial charge in [0.05, 0.1) is 17.7 Å². The van der Waals surface area contributed by atoms with E-state index in [9.17, 15) is 13.2 Å². The van der Waals surface area contributed by atoms with E-state index in [1.807, 2.05) is 0 Å².